The number of carbonyl (C=O) groups excluding carboxylic acids is 1. The molecule has 1 aromatic rings. The molecule has 0 spiro atoms. The zero-order valence-corrected chi connectivity index (χ0v) is 18.1. The topological polar surface area (TPSA) is 23.6 Å². The maximum absolute atomic E-state index is 12.9. The summed E-state index contributed by atoms with van der Waals surface area (Å²) >= 11 is 0. The molecule has 0 radical (unpaired) electrons. The second-order valence-electron chi connectivity index (χ2n) is 10.6. The Bertz CT molecular complexity index is 783. The fraction of sp³-hybridized carbons (Fsp3) is 0.654. The highest BCUT2D eigenvalue weighted by molar-refractivity contribution is 5.78. The molecule has 3 nitrogen and oxygen atoms in total. The van der Waals surface area contributed by atoms with Gasteiger partial charge in [0, 0.05) is 25.7 Å². The minimum atomic E-state index is 0.309. The van der Waals surface area contributed by atoms with Crippen molar-refractivity contribution in [2.24, 2.45) is 23.2 Å². The van der Waals surface area contributed by atoms with E-state index in [9.17, 15) is 4.79 Å². The highest BCUT2D eigenvalue weighted by Crippen LogP contribution is 2.59. The molecule has 29 heavy (non-hydrogen) atoms. The van der Waals surface area contributed by atoms with Crippen LogP contribution in [0.4, 0.5) is 0 Å². The lowest BCUT2D eigenvalue weighted by Crippen LogP contribution is -2.57. The summed E-state index contributed by atoms with van der Waals surface area (Å²) in [5, 5.41) is 0. The third-order valence-electron chi connectivity index (χ3n) is 8.70. The fourth-order valence-electron chi connectivity index (χ4n) is 6.70. The summed E-state index contributed by atoms with van der Waals surface area (Å²) in [7, 11) is 0. The van der Waals surface area contributed by atoms with Crippen molar-refractivity contribution in [1.82, 2.24) is 9.80 Å². The number of rotatable bonds is 4. The second kappa shape index (κ2) is 7.58. The van der Waals surface area contributed by atoms with Crippen molar-refractivity contribution >= 4 is 5.91 Å². The molecular formula is C26H36N2O. The van der Waals surface area contributed by atoms with E-state index in [4.69, 9.17) is 0 Å². The molecule has 0 aromatic heterocycles. The average molecular weight is 393 g/mol. The quantitative estimate of drug-likeness (QED) is 0.703. The third kappa shape index (κ3) is 3.56. The lowest BCUT2D eigenvalue weighted by molar-refractivity contribution is -0.134. The van der Waals surface area contributed by atoms with Crippen molar-refractivity contribution < 1.29 is 4.79 Å². The summed E-state index contributed by atoms with van der Waals surface area (Å²) in [5.74, 6) is 2.70. The molecule has 6 rings (SSSR count). The van der Waals surface area contributed by atoms with Crippen molar-refractivity contribution in [3.63, 3.8) is 0 Å². The van der Waals surface area contributed by atoms with Crippen LogP contribution in [0.2, 0.25) is 0 Å². The van der Waals surface area contributed by atoms with Crippen LogP contribution in [0.15, 0.2) is 42.0 Å². The lowest BCUT2D eigenvalue weighted by Gasteiger charge is -2.57. The van der Waals surface area contributed by atoms with Gasteiger partial charge in [-0.25, -0.2) is 0 Å². The van der Waals surface area contributed by atoms with Crippen molar-refractivity contribution in [2.45, 2.75) is 58.4 Å². The number of nitrogens with zero attached hydrogens (tertiary/aromatic N) is 2. The predicted octanol–water partition coefficient (Wildman–Crippen LogP) is 4.53. The minimum Gasteiger partial charge on any atom is -0.342 e. The Morgan fingerprint density at radius 2 is 1.97 bits per heavy atom. The van der Waals surface area contributed by atoms with Gasteiger partial charge in [-0.3, -0.25) is 9.69 Å². The van der Waals surface area contributed by atoms with Gasteiger partial charge in [0.15, 0.2) is 0 Å². The van der Waals surface area contributed by atoms with Crippen LogP contribution >= 0.6 is 0 Å². The maximum atomic E-state index is 12.9. The molecule has 1 amide bonds. The van der Waals surface area contributed by atoms with Gasteiger partial charge in [0.25, 0.3) is 0 Å². The zero-order chi connectivity index (χ0) is 20.0. The van der Waals surface area contributed by atoms with Crippen LogP contribution in [-0.4, -0.2) is 47.9 Å². The molecule has 0 N–H and O–H groups in total. The summed E-state index contributed by atoms with van der Waals surface area (Å²) in [6, 6.07) is 10.9. The molecule has 0 unspecified atom stereocenters. The van der Waals surface area contributed by atoms with Gasteiger partial charge in [-0.15, -0.1) is 0 Å². The number of amides is 1. The van der Waals surface area contributed by atoms with Gasteiger partial charge in [-0.2, -0.15) is 0 Å². The standard InChI is InChI=1S/C26H36N2O/c1-26(2)22-11-10-20(23(26)16-22)17-27-13-6-9-21-18-28(14-12-24(21)27)25(29)15-19-7-4-3-5-8-19/h3-5,7-8,10,21-24H,6,9,11-18H2,1-2H3/t21-,22+,23+,24+/m1/s1. The molecule has 2 saturated heterocycles. The number of allylic oxidation sites excluding steroid dienone is 1. The van der Waals surface area contributed by atoms with Crippen molar-refractivity contribution in [3.8, 4) is 0 Å². The van der Waals surface area contributed by atoms with Gasteiger partial charge in [0.05, 0.1) is 6.42 Å². The third-order valence-corrected chi connectivity index (χ3v) is 8.70. The highest BCUT2D eigenvalue weighted by Gasteiger charge is 2.51. The fourth-order valence-corrected chi connectivity index (χ4v) is 6.70. The summed E-state index contributed by atoms with van der Waals surface area (Å²) in [5.41, 5.74) is 3.38. The number of hydrogen-bond acceptors (Lipinski definition) is 2. The summed E-state index contributed by atoms with van der Waals surface area (Å²) < 4.78 is 0. The van der Waals surface area contributed by atoms with Gasteiger partial charge in [-0.05, 0) is 67.4 Å². The van der Waals surface area contributed by atoms with Crippen molar-refractivity contribution in [1.29, 1.82) is 0 Å². The first-order valence-electron chi connectivity index (χ1n) is 11.8. The Morgan fingerprint density at radius 1 is 1.14 bits per heavy atom. The number of likely N-dealkylation sites (tertiary alicyclic amines) is 2. The Kier molecular flexibility index (Phi) is 5.06. The molecule has 2 heterocycles. The number of carbonyl (C=O) groups is 1. The molecule has 3 fully saturated rings. The summed E-state index contributed by atoms with van der Waals surface area (Å²) in [4.78, 5) is 17.8. The van der Waals surface area contributed by atoms with Crippen LogP contribution in [0.3, 0.4) is 0 Å². The van der Waals surface area contributed by atoms with Crippen LogP contribution in [0, 0.1) is 23.2 Å². The maximum Gasteiger partial charge on any atom is 0.227 e. The van der Waals surface area contributed by atoms with Gasteiger partial charge >= 0.3 is 0 Å². The Balaban J connectivity index is 1.21. The molecule has 2 aliphatic heterocycles. The van der Waals surface area contributed by atoms with Crippen LogP contribution in [0.1, 0.15) is 51.5 Å². The minimum absolute atomic E-state index is 0.309. The van der Waals surface area contributed by atoms with Gasteiger partial charge in [0.2, 0.25) is 5.91 Å². The van der Waals surface area contributed by atoms with E-state index in [1.54, 1.807) is 5.57 Å². The molecular weight excluding hydrogens is 356 g/mol. The molecule has 1 aromatic carbocycles. The van der Waals surface area contributed by atoms with Gasteiger partial charge < -0.3 is 4.90 Å². The van der Waals surface area contributed by atoms with Crippen molar-refractivity contribution in [2.75, 3.05) is 26.2 Å². The Morgan fingerprint density at radius 3 is 2.72 bits per heavy atom. The van der Waals surface area contributed by atoms with E-state index in [1.807, 2.05) is 18.2 Å². The van der Waals surface area contributed by atoms with E-state index in [1.165, 1.54) is 38.8 Å². The summed E-state index contributed by atoms with van der Waals surface area (Å²) in [6.07, 6.45) is 9.55. The van der Waals surface area contributed by atoms with Gasteiger partial charge in [0.1, 0.15) is 0 Å². The molecule has 3 aliphatic carbocycles. The van der Waals surface area contributed by atoms with Crippen LogP contribution < -0.4 is 0 Å². The SMILES string of the molecule is CC1(C)[C@H]2CC=C(CN3CCC[C@@H]4CN(C(=O)Cc5ccccc5)CC[C@@H]43)[C@@H]1C2. The smallest absolute Gasteiger partial charge is 0.227 e. The summed E-state index contributed by atoms with van der Waals surface area (Å²) in [6.45, 7) is 9.28. The van der Waals surface area contributed by atoms with Gasteiger partial charge in [-0.1, -0.05) is 55.8 Å². The Labute approximate surface area is 176 Å². The lowest BCUT2D eigenvalue weighted by atomic mass is 9.49. The van der Waals surface area contributed by atoms with Crippen LogP contribution in [0.25, 0.3) is 0 Å². The predicted molar refractivity (Wildman–Crippen MR) is 118 cm³/mol. The monoisotopic (exact) mass is 392 g/mol. The van der Waals surface area contributed by atoms with E-state index < -0.39 is 0 Å². The number of hydrogen-bond donors (Lipinski definition) is 0. The van der Waals surface area contributed by atoms with E-state index >= 15 is 0 Å². The number of benzene rings is 1. The van der Waals surface area contributed by atoms with E-state index in [0.29, 0.717) is 29.7 Å². The molecule has 4 atom stereocenters. The first-order chi connectivity index (χ1) is 14.0. The second-order valence-corrected chi connectivity index (χ2v) is 10.6. The van der Waals surface area contributed by atoms with Crippen molar-refractivity contribution in [3.05, 3.63) is 47.5 Å². The van der Waals surface area contributed by atoms with E-state index in [0.717, 1.165) is 36.9 Å². The first-order valence-corrected chi connectivity index (χ1v) is 11.8. The zero-order valence-electron chi connectivity index (χ0n) is 18.1. The average Bonchev–Trinajstić information content (AvgIpc) is 2.74. The molecule has 5 aliphatic rings. The van der Waals surface area contributed by atoms with Crippen LogP contribution in [0.5, 0.6) is 0 Å². The number of piperidine rings is 2. The van der Waals surface area contributed by atoms with E-state index in [2.05, 4.69) is 41.9 Å². The normalized spacial score (nSPS) is 33.4. The molecule has 2 bridgehead atoms. The molecule has 1 saturated carbocycles. The van der Waals surface area contributed by atoms with Crippen LogP contribution in [-0.2, 0) is 11.2 Å². The molecule has 3 heteroatoms. The highest BCUT2D eigenvalue weighted by atomic mass is 16.2. The van der Waals surface area contributed by atoms with E-state index in [-0.39, 0.29) is 0 Å². The number of fused-ring (bicyclic) bond motifs is 2. The molecule has 156 valence electrons. The Hall–Kier alpha value is -1.61. The first kappa shape index (κ1) is 19.4. The largest absolute Gasteiger partial charge is 0.342 e.